The second-order valence-corrected chi connectivity index (χ2v) is 3.13. The van der Waals surface area contributed by atoms with Crippen LogP contribution in [-0.4, -0.2) is 36.5 Å². The first kappa shape index (κ1) is 11.4. The summed E-state index contributed by atoms with van der Waals surface area (Å²) in [4.78, 5) is 10.6. The number of ether oxygens (including phenoxy) is 2. The average Bonchev–Trinajstić information content (AvgIpc) is 1.84. The van der Waals surface area contributed by atoms with E-state index in [1.165, 1.54) is 6.92 Å². The van der Waals surface area contributed by atoms with Gasteiger partial charge in [0.15, 0.2) is 0 Å². The highest BCUT2D eigenvalue weighted by Crippen LogP contribution is 2.09. The van der Waals surface area contributed by atoms with E-state index in [4.69, 9.17) is 14.6 Å². The minimum Gasteiger partial charge on any atom is -0.457 e. The summed E-state index contributed by atoms with van der Waals surface area (Å²) >= 11 is 0. The zero-order valence-corrected chi connectivity index (χ0v) is 7.79. The first-order valence-corrected chi connectivity index (χ1v) is 3.86. The molecule has 0 spiro atoms. The molecule has 0 radical (unpaired) electrons. The van der Waals surface area contributed by atoms with Crippen LogP contribution in [0, 0.1) is 0 Å². The molecule has 12 heavy (non-hydrogen) atoms. The van der Waals surface area contributed by atoms with Gasteiger partial charge in [-0.25, -0.2) is 0 Å². The number of aliphatic hydroxyl groups excluding tert-OH is 1. The number of hydrogen-bond acceptors (Lipinski definition) is 4. The first-order chi connectivity index (χ1) is 5.48. The molecule has 0 saturated carbocycles. The molecule has 0 rings (SSSR count). The van der Waals surface area contributed by atoms with Gasteiger partial charge < -0.3 is 14.6 Å². The molecule has 0 aromatic heterocycles. The molecule has 0 aromatic carbocycles. The Morgan fingerprint density at radius 1 is 1.50 bits per heavy atom. The molecule has 4 heteroatoms. The fraction of sp³-hybridized carbons (Fsp3) is 0.875. The summed E-state index contributed by atoms with van der Waals surface area (Å²) in [6.45, 7) is 5.42. The Labute approximate surface area is 72.5 Å². The Balaban J connectivity index is 3.63. The molecular formula is C8H16O4. The maximum absolute atomic E-state index is 10.6. The van der Waals surface area contributed by atoms with Crippen molar-refractivity contribution in [2.75, 3.05) is 19.8 Å². The van der Waals surface area contributed by atoms with Crippen LogP contribution < -0.4 is 0 Å². The van der Waals surface area contributed by atoms with E-state index in [-0.39, 0.29) is 19.2 Å². The van der Waals surface area contributed by atoms with Crippen molar-refractivity contribution in [2.24, 2.45) is 0 Å². The second-order valence-electron chi connectivity index (χ2n) is 3.13. The first-order valence-electron chi connectivity index (χ1n) is 3.86. The molecule has 0 unspecified atom stereocenters. The van der Waals surface area contributed by atoms with Crippen LogP contribution in [0.4, 0.5) is 0 Å². The van der Waals surface area contributed by atoms with Gasteiger partial charge in [0.05, 0.1) is 19.8 Å². The quantitative estimate of drug-likeness (QED) is 0.484. The second kappa shape index (κ2) is 5.11. The van der Waals surface area contributed by atoms with Gasteiger partial charge in [0.2, 0.25) is 0 Å². The summed E-state index contributed by atoms with van der Waals surface area (Å²) in [7, 11) is 0. The van der Waals surface area contributed by atoms with E-state index in [9.17, 15) is 4.79 Å². The highest BCUT2D eigenvalue weighted by molar-refractivity contribution is 5.66. The highest BCUT2D eigenvalue weighted by Gasteiger charge is 2.20. The topological polar surface area (TPSA) is 55.8 Å². The summed E-state index contributed by atoms with van der Waals surface area (Å²) < 4.78 is 9.96. The van der Waals surface area contributed by atoms with Gasteiger partial charge in [-0.1, -0.05) is 0 Å². The Morgan fingerprint density at radius 3 is 2.50 bits per heavy atom. The zero-order chi connectivity index (χ0) is 9.61. The van der Waals surface area contributed by atoms with E-state index < -0.39 is 5.60 Å². The fourth-order valence-corrected chi connectivity index (χ4v) is 0.801. The summed E-state index contributed by atoms with van der Waals surface area (Å²) in [6.07, 6.45) is 0. The van der Waals surface area contributed by atoms with E-state index >= 15 is 0 Å². The molecule has 0 aromatic rings. The third-order valence-electron chi connectivity index (χ3n) is 1.11. The van der Waals surface area contributed by atoms with Crippen LogP contribution in [0.15, 0.2) is 0 Å². The predicted octanol–water partition coefficient (Wildman–Crippen LogP) is 0.337. The summed E-state index contributed by atoms with van der Waals surface area (Å²) in [5, 5.41) is 8.41. The van der Waals surface area contributed by atoms with Crippen LogP contribution in [0.2, 0.25) is 0 Å². The summed E-state index contributed by atoms with van der Waals surface area (Å²) in [5.74, 6) is -0.326. The van der Waals surface area contributed by atoms with E-state index in [2.05, 4.69) is 0 Å². The van der Waals surface area contributed by atoms with Crippen molar-refractivity contribution in [3.05, 3.63) is 0 Å². The largest absolute Gasteiger partial charge is 0.457 e. The summed E-state index contributed by atoms with van der Waals surface area (Å²) in [6, 6.07) is 0. The van der Waals surface area contributed by atoms with Crippen molar-refractivity contribution in [3.8, 4) is 0 Å². The van der Waals surface area contributed by atoms with Gasteiger partial charge in [-0.3, -0.25) is 4.79 Å². The van der Waals surface area contributed by atoms with Gasteiger partial charge in [-0.15, -0.1) is 0 Å². The van der Waals surface area contributed by atoms with E-state index in [0.717, 1.165) is 0 Å². The lowest BCUT2D eigenvalue weighted by atomic mass is 10.1. The van der Waals surface area contributed by atoms with Crippen LogP contribution in [0.25, 0.3) is 0 Å². The van der Waals surface area contributed by atoms with Gasteiger partial charge in [0.1, 0.15) is 5.60 Å². The Bertz CT molecular complexity index is 142. The number of carbonyl (C=O) groups excluding carboxylic acids is 1. The molecule has 0 bridgehead atoms. The Morgan fingerprint density at radius 2 is 2.08 bits per heavy atom. The normalized spacial score (nSPS) is 11.3. The molecule has 1 N–H and O–H groups in total. The number of carbonyl (C=O) groups is 1. The average molecular weight is 176 g/mol. The van der Waals surface area contributed by atoms with Crippen LogP contribution in [0.1, 0.15) is 20.8 Å². The Kier molecular flexibility index (Phi) is 4.85. The smallest absolute Gasteiger partial charge is 0.303 e. The van der Waals surface area contributed by atoms with E-state index in [1.807, 2.05) is 0 Å². The van der Waals surface area contributed by atoms with Crippen LogP contribution in [0.3, 0.4) is 0 Å². The SMILES string of the molecule is CC(=O)OC(C)(C)COCCO. The third kappa shape index (κ3) is 6.12. The molecular weight excluding hydrogens is 160 g/mol. The van der Waals surface area contributed by atoms with Crippen molar-refractivity contribution in [2.45, 2.75) is 26.4 Å². The van der Waals surface area contributed by atoms with Gasteiger partial charge in [0.25, 0.3) is 0 Å². The fourth-order valence-electron chi connectivity index (χ4n) is 0.801. The highest BCUT2D eigenvalue weighted by atomic mass is 16.6. The number of hydrogen-bond donors (Lipinski definition) is 1. The standard InChI is InChI=1S/C8H16O4/c1-7(10)12-8(2,3)6-11-5-4-9/h9H,4-6H2,1-3H3. The summed E-state index contributed by atoms with van der Waals surface area (Å²) in [5.41, 5.74) is -0.610. The molecule has 0 amide bonds. The molecule has 0 heterocycles. The number of aliphatic hydroxyl groups is 1. The molecule has 72 valence electrons. The zero-order valence-electron chi connectivity index (χ0n) is 7.79. The van der Waals surface area contributed by atoms with Gasteiger partial charge in [-0.05, 0) is 13.8 Å². The van der Waals surface area contributed by atoms with Gasteiger partial charge in [-0.2, -0.15) is 0 Å². The maximum Gasteiger partial charge on any atom is 0.303 e. The monoisotopic (exact) mass is 176 g/mol. The van der Waals surface area contributed by atoms with E-state index in [1.54, 1.807) is 13.8 Å². The van der Waals surface area contributed by atoms with Gasteiger partial charge in [0, 0.05) is 6.92 Å². The van der Waals surface area contributed by atoms with Crippen molar-refractivity contribution in [3.63, 3.8) is 0 Å². The van der Waals surface area contributed by atoms with Crippen molar-refractivity contribution < 1.29 is 19.4 Å². The predicted molar refractivity (Wildman–Crippen MR) is 43.7 cm³/mol. The van der Waals surface area contributed by atoms with Crippen molar-refractivity contribution in [1.82, 2.24) is 0 Å². The molecule has 0 aliphatic heterocycles. The lowest BCUT2D eigenvalue weighted by molar-refractivity contribution is -0.159. The number of esters is 1. The molecule has 4 nitrogen and oxygen atoms in total. The van der Waals surface area contributed by atoms with E-state index in [0.29, 0.717) is 6.61 Å². The lowest BCUT2D eigenvalue weighted by Crippen LogP contribution is -2.33. The molecule has 0 saturated heterocycles. The van der Waals surface area contributed by atoms with Crippen LogP contribution in [0.5, 0.6) is 0 Å². The number of rotatable bonds is 5. The molecule has 0 aliphatic rings. The maximum atomic E-state index is 10.6. The minimum atomic E-state index is -0.610. The van der Waals surface area contributed by atoms with Crippen molar-refractivity contribution in [1.29, 1.82) is 0 Å². The third-order valence-corrected chi connectivity index (χ3v) is 1.11. The molecule has 0 fully saturated rings. The lowest BCUT2D eigenvalue weighted by Gasteiger charge is -2.23. The molecule has 0 atom stereocenters. The van der Waals surface area contributed by atoms with Crippen LogP contribution >= 0.6 is 0 Å². The minimum absolute atomic E-state index is 0.0177. The van der Waals surface area contributed by atoms with Crippen molar-refractivity contribution >= 4 is 5.97 Å². The van der Waals surface area contributed by atoms with Gasteiger partial charge >= 0.3 is 5.97 Å². The Hall–Kier alpha value is -0.610. The molecule has 0 aliphatic carbocycles. The van der Waals surface area contributed by atoms with Crippen LogP contribution in [-0.2, 0) is 14.3 Å².